The van der Waals surface area contributed by atoms with Gasteiger partial charge < -0.3 is 20.1 Å². The lowest BCUT2D eigenvalue weighted by molar-refractivity contribution is -0.149. The van der Waals surface area contributed by atoms with E-state index in [1.54, 1.807) is 11.0 Å². The van der Waals surface area contributed by atoms with Gasteiger partial charge in [0.2, 0.25) is 0 Å². The largest absolute Gasteiger partial charge is 0.489 e. The molecule has 3 rings (SSSR count). The summed E-state index contributed by atoms with van der Waals surface area (Å²) >= 11 is 0. The van der Waals surface area contributed by atoms with Crippen LogP contribution in [-0.4, -0.2) is 41.2 Å². The van der Waals surface area contributed by atoms with Crippen molar-refractivity contribution >= 4 is 17.7 Å². The Morgan fingerprint density at radius 3 is 2.79 bits per heavy atom. The SMILES string of the molecule is CC(C)Oc1ccccc1NC(=O)N1C[C@@H]2CCC[C@@]2(C(=O)O)C1. The number of urea groups is 1. The minimum atomic E-state index is -0.774. The summed E-state index contributed by atoms with van der Waals surface area (Å²) in [5.74, 6) is -0.0973. The van der Waals surface area contributed by atoms with Crippen LogP contribution >= 0.6 is 0 Å². The molecule has 1 saturated heterocycles. The van der Waals surface area contributed by atoms with Gasteiger partial charge >= 0.3 is 12.0 Å². The molecule has 2 fully saturated rings. The molecule has 6 nitrogen and oxygen atoms in total. The number of carboxylic acids is 1. The highest BCUT2D eigenvalue weighted by Crippen LogP contribution is 2.49. The van der Waals surface area contributed by atoms with Gasteiger partial charge in [-0.3, -0.25) is 4.79 Å². The lowest BCUT2D eigenvalue weighted by atomic mass is 9.81. The Balaban J connectivity index is 1.72. The molecule has 2 N–H and O–H groups in total. The quantitative estimate of drug-likeness (QED) is 0.887. The van der Waals surface area contributed by atoms with Crippen LogP contribution in [0.25, 0.3) is 0 Å². The molecule has 0 bridgehead atoms. The van der Waals surface area contributed by atoms with Crippen LogP contribution < -0.4 is 10.1 Å². The normalized spacial score (nSPS) is 25.6. The Kier molecular flexibility index (Phi) is 4.39. The highest BCUT2D eigenvalue weighted by Gasteiger charge is 2.55. The van der Waals surface area contributed by atoms with Gasteiger partial charge in [0.15, 0.2) is 0 Å². The van der Waals surface area contributed by atoms with E-state index < -0.39 is 11.4 Å². The first-order chi connectivity index (χ1) is 11.4. The van der Waals surface area contributed by atoms with E-state index in [0.717, 1.165) is 12.8 Å². The lowest BCUT2D eigenvalue weighted by Crippen LogP contribution is -2.38. The second-order valence-corrected chi connectivity index (χ2v) is 7.02. The number of hydrogen-bond acceptors (Lipinski definition) is 3. The van der Waals surface area contributed by atoms with Crippen LogP contribution in [0.3, 0.4) is 0 Å². The summed E-state index contributed by atoms with van der Waals surface area (Å²) in [4.78, 5) is 26.0. The molecule has 0 unspecified atom stereocenters. The van der Waals surface area contributed by atoms with Crippen molar-refractivity contribution < 1.29 is 19.4 Å². The summed E-state index contributed by atoms with van der Waals surface area (Å²) in [6.07, 6.45) is 2.47. The van der Waals surface area contributed by atoms with Gasteiger partial charge in [-0.15, -0.1) is 0 Å². The molecule has 24 heavy (non-hydrogen) atoms. The fraction of sp³-hybridized carbons (Fsp3) is 0.556. The Hall–Kier alpha value is -2.24. The third-order valence-electron chi connectivity index (χ3n) is 5.08. The van der Waals surface area contributed by atoms with Crippen molar-refractivity contribution in [2.45, 2.75) is 39.2 Å². The number of nitrogens with zero attached hydrogens (tertiary/aromatic N) is 1. The number of carbonyl (C=O) groups excluding carboxylic acids is 1. The first-order valence-electron chi connectivity index (χ1n) is 8.47. The number of carbonyl (C=O) groups is 2. The van der Waals surface area contributed by atoms with Crippen molar-refractivity contribution in [1.29, 1.82) is 0 Å². The fourth-order valence-electron chi connectivity index (χ4n) is 3.91. The number of rotatable bonds is 4. The molecule has 1 heterocycles. The number of fused-ring (bicyclic) bond motifs is 1. The van der Waals surface area contributed by atoms with E-state index in [1.807, 2.05) is 32.0 Å². The zero-order valence-electron chi connectivity index (χ0n) is 14.1. The second-order valence-electron chi connectivity index (χ2n) is 7.02. The maximum Gasteiger partial charge on any atom is 0.321 e. The van der Waals surface area contributed by atoms with Crippen molar-refractivity contribution in [3.05, 3.63) is 24.3 Å². The highest BCUT2D eigenvalue weighted by atomic mass is 16.5. The summed E-state index contributed by atoms with van der Waals surface area (Å²) in [5, 5.41) is 12.5. The maximum atomic E-state index is 12.6. The number of aliphatic carboxylic acids is 1. The van der Waals surface area contributed by atoms with Crippen molar-refractivity contribution in [1.82, 2.24) is 4.90 Å². The topological polar surface area (TPSA) is 78.9 Å². The zero-order chi connectivity index (χ0) is 17.3. The average Bonchev–Trinajstić information content (AvgIpc) is 3.06. The first kappa shape index (κ1) is 16.6. The molecule has 0 radical (unpaired) electrons. The minimum absolute atomic E-state index is 0.00414. The summed E-state index contributed by atoms with van der Waals surface area (Å²) in [5.41, 5.74) is -0.150. The van der Waals surface area contributed by atoms with E-state index in [2.05, 4.69) is 5.32 Å². The number of amides is 2. The van der Waals surface area contributed by atoms with Gasteiger partial charge in [-0.2, -0.15) is 0 Å². The monoisotopic (exact) mass is 332 g/mol. The van der Waals surface area contributed by atoms with Crippen LogP contribution in [-0.2, 0) is 4.79 Å². The average molecular weight is 332 g/mol. The second kappa shape index (κ2) is 6.34. The lowest BCUT2D eigenvalue weighted by Gasteiger charge is -2.23. The van der Waals surface area contributed by atoms with E-state index >= 15 is 0 Å². The zero-order valence-corrected chi connectivity index (χ0v) is 14.1. The van der Waals surface area contributed by atoms with E-state index in [4.69, 9.17) is 4.74 Å². The molecule has 0 spiro atoms. The third kappa shape index (κ3) is 2.92. The highest BCUT2D eigenvalue weighted by molar-refractivity contribution is 5.92. The van der Waals surface area contributed by atoms with Crippen LogP contribution in [0.1, 0.15) is 33.1 Å². The molecule has 1 aromatic rings. The molecule has 0 aromatic heterocycles. The first-order valence-corrected chi connectivity index (χ1v) is 8.47. The Bertz CT molecular complexity index is 646. The van der Waals surface area contributed by atoms with Gasteiger partial charge in [-0.1, -0.05) is 18.6 Å². The summed E-state index contributed by atoms with van der Waals surface area (Å²) in [7, 11) is 0. The fourth-order valence-corrected chi connectivity index (χ4v) is 3.91. The summed E-state index contributed by atoms with van der Waals surface area (Å²) in [6.45, 7) is 4.64. The molecule has 1 aliphatic heterocycles. The van der Waals surface area contributed by atoms with Gasteiger partial charge in [0.25, 0.3) is 0 Å². The molecule has 2 amide bonds. The molecular formula is C18H24N2O4. The van der Waals surface area contributed by atoms with E-state index in [1.165, 1.54) is 0 Å². The standard InChI is InChI=1S/C18H24N2O4/c1-12(2)24-15-8-4-3-7-14(15)19-17(23)20-10-13-6-5-9-18(13,11-20)16(21)22/h3-4,7-8,12-13H,5-6,9-11H2,1-2H3,(H,19,23)(H,21,22)/t13-,18+/m0/s1. The van der Waals surface area contributed by atoms with Gasteiger partial charge in [0, 0.05) is 13.1 Å². The number of para-hydroxylation sites is 2. The number of anilines is 1. The van der Waals surface area contributed by atoms with Crippen molar-refractivity contribution in [2.24, 2.45) is 11.3 Å². The smallest absolute Gasteiger partial charge is 0.321 e. The molecule has 1 aromatic carbocycles. The van der Waals surface area contributed by atoms with Crippen molar-refractivity contribution in [3.63, 3.8) is 0 Å². The van der Waals surface area contributed by atoms with Crippen molar-refractivity contribution in [3.8, 4) is 5.75 Å². The van der Waals surface area contributed by atoms with Crippen LogP contribution in [0.4, 0.5) is 10.5 Å². The summed E-state index contributed by atoms with van der Waals surface area (Å²) in [6, 6.07) is 7.03. The Morgan fingerprint density at radius 2 is 2.12 bits per heavy atom. The Labute approximate surface area is 141 Å². The van der Waals surface area contributed by atoms with Crippen LogP contribution in [0.2, 0.25) is 0 Å². The van der Waals surface area contributed by atoms with E-state index in [0.29, 0.717) is 24.4 Å². The number of ether oxygens (including phenoxy) is 1. The predicted octanol–water partition coefficient (Wildman–Crippen LogP) is 3.19. The van der Waals surface area contributed by atoms with Crippen molar-refractivity contribution in [2.75, 3.05) is 18.4 Å². The molecule has 6 heteroatoms. The minimum Gasteiger partial charge on any atom is -0.489 e. The van der Waals surface area contributed by atoms with Crippen LogP contribution in [0.5, 0.6) is 5.75 Å². The molecule has 130 valence electrons. The van der Waals surface area contributed by atoms with Gasteiger partial charge in [0.1, 0.15) is 5.75 Å². The third-order valence-corrected chi connectivity index (χ3v) is 5.08. The molecule has 1 aliphatic carbocycles. The van der Waals surface area contributed by atoms with Gasteiger partial charge in [-0.05, 0) is 44.7 Å². The summed E-state index contributed by atoms with van der Waals surface area (Å²) < 4.78 is 5.71. The molecular weight excluding hydrogens is 308 g/mol. The number of benzene rings is 1. The predicted molar refractivity (Wildman–Crippen MR) is 90.2 cm³/mol. The maximum absolute atomic E-state index is 12.6. The van der Waals surface area contributed by atoms with Gasteiger partial charge in [-0.25, -0.2) is 4.79 Å². The molecule has 2 atom stereocenters. The van der Waals surface area contributed by atoms with Crippen LogP contribution in [0.15, 0.2) is 24.3 Å². The van der Waals surface area contributed by atoms with E-state index in [-0.39, 0.29) is 24.6 Å². The van der Waals surface area contributed by atoms with E-state index in [9.17, 15) is 14.7 Å². The Morgan fingerprint density at radius 1 is 1.38 bits per heavy atom. The van der Waals surface area contributed by atoms with Crippen LogP contribution in [0, 0.1) is 11.3 Å². The number of carboxylic acid groups (broad SMARTS) is 1. The molecule has 2 aliphatic rings. The number of hydrogen-bond donors (Lipinski definition) is 2. The number of likely N-dealkylation sites (tertiary alicyclic amines) is 1. The van der Waals surface area contributed by atoms with Gasteiger partial charge in [0.05, 0.1) is 17.2 Å². The molecule has 1 saturated carbocycles. The number of nitrogens with one attached hydrogen (secondary N) is 1.